The normalized spacial score (nSPS) is 29.2. The van der Waals surface area contributed by atoms with Crippen LogP contribution in [0.2, 0.25) is 0 Å². The van der Waals surface area contributed by atoms with E-state index >= 15 is 0 Å². The summed E-state index contributed by atoms with van der Waals surface area (Å²) in [6.07, 6.45) is 21.4. The number of allylic oxidation sites excluding steroid dienone is 3. The van der Waals surface area contributed by atoms with E-state index in [1.165, 1.54) is 32.8 Å². The second kappa shape index (κ2) is 15.6. The fraction of sp³-hybridized carbons (Fsp3) is 0.808. The fourth-order valence-corrected chi connectivity index (χ4v) is 4.62. The number of hydrogen-bond acceptors (Lipinski definition) is 5. The lowest BCUT2D eigenvalue weighted by Gasteiger charge is -2.29. The van der Waals surface area contributed by atoms with Crippen LogP contribution in [0.4, 0.5) is 0 Å². The minimum absolute atomic E-state index is 0.0164. The van der Waals surface area contributed by atoms with Crippen LogP contribution < -0.4 is 0 Å². The molecule has 2 rings (SSSR count). The van der Waals surface area contributed by atoms with E-state index in [1.54, 1.807) is 0 Å². The summed E-state index contributed by atoms with van der Waals surface area (Å²) in [6, 6.07) is 0. The van der Waals surface area contributed by atoms with Crippen molar-refractivity contribution >= 4 is 5.97 Å². The summed E-state index contributed by atoms with van der Waals surface area (Å²) in [5.74, 6) is 0.220. The summed E-state index contributed by atoms with van der Waals surface area (Å²) in [7, 11) is 1.42. The van der Waals surface area contributed by atoms with Gasteiger partial charge in [-0.15, -0.1) is 0 Å². The van der Waals surface area contributed by atoms with Crippen molar-refractivity contribution in [2.24, 2.45) is 11.8 Å². The third-order valence-corrected chi connectivity index (χ3v) is 6.49. The van der Waals surface area contributed by atoms with Crippen LogP contribution in [0.5, 0.6) is 0 Å². The molecule has 1 aliphatic carbocycles. The summed E-state index contributed by atoms with van der Waals surface area (Å²) in [4.78, 5) is 11.2. The van der Waals surface area contributed by atoms with Crippen molar-refractivity contribution in [3.8, 4) is 0 Å². The standard InChI is InChI=1S/C26H44O5/c1-3-4-5-6-7-11-16-22-21(15-10-8-9-12-17-25(28)29-2)23(27)20-24(22)31-26-18-13-14-19-30-26/h8,10-11,16,21-24,26-27H,3-7,9,12-15,17-20H2,1-2H3/t21-,22-,23+,24-,26?/m1/s1. The summed E-state index contributed by atoms with van der Waals surface area (Å²) in [5, 5.41) is 10.8. The number of carbonyl (C=O) groups is 1. The zero-order valence-corrected chi connectivity index (χ0v) is 19.7. The Bertz CT molecular complexity index is 538. The highest BCUT2D eigenvalue weighted by Crippen LogP contribution is 2.39. The van der Waals surface area contributed by atoms with Gasteiger partial charge in [0.15, 0.2) is 6.29 Å². The smallest absolute Gasteiger partial charge is 0.305 e. The number of unbranched alkanes of at least 4 members (excludes halogenated alkanes) is 5. The molecular formula is C26H44O5. The fourth-order valence-electron chi connectivity index (χ4n) is 4.62. The van der Waals surface area contributed by atoms with E-state index in [1.807, 2.05) is 0 Å². The molecule has 1 saturated heterocycles. The van der Waals surface area contributed by atoms with Gasteiger partial charge in [-0.25, -0.2) is 0 Å². The van der Waals surface area contributed by atoms with Gasteiger partial charge in [-0.1, -0.05) is 50.5 Å². The molecule has 1 heterocycles. The van der Waals surface area contributed by atoms with Gasteiger partial charge in [-0.05, 0) is 57.3 Å². The molecule has 1 aliphatic heterocycles. The topological polar surface area (TPSA) is 65.0 Å². The lowest BCUT2D eigenvalue weighted by Crippen LogP contribution is -2.30. The van der Waals surface area contributed by atoms with Gasteiger partial charge in [-0.2, -0.15) is 0 Å². The van der Waals surface area contributed by atoms with Crippen LogP contribution in [0.1, 0.15) is 90.4 Å². The largest absolute Gasteiger partial charge is 0.469 e. The molecule has 5 heteroatoms. The van der Waals surface area contributed by atoms with Crippen LogP contribution >= 0.6 is 0 Å². The Labute approximate surface area is 189 Å². The predicted molar refractivity (Wildman–Crippen MR) is 124 cm³/mol. The Hall–Kier alpha value is -1.17. The molecule has 1 N–H and O–H groups in total. The summed E-state index contributed by atoms with van der Waals surface area (Å²) in [6.45, 7) is 3.01. The Morgan fingerprint density at radius 3 is 2.68 bits per heavy atom. The van der Waals surface area contributed by atoms with Gasteiger partial charge < -0.3 is 19.3 Å². The number of aliphatic hydroxyl groups excluding tert-OH is 1. The summed E-state index contributed by atoms with van der Waals surface area (Å²) < 4.78 is 16.8. The van der Waals surface area contributed by atoms with E-state index in [2.05, 4.69) is 36.0 Å². The van der Waals surface area contributed by atoms with E-state index in [4.69, 9.17) is 9.47 Å². The molecule has 5 atom stereocenters. The van der Waals surface area contributed by atoms with E-state index in [9.17, 15) is 9.90 Å². The number of hydrogen-bond donors (Lipinski definition) is 1. The van der Waals surface area contributed by atoms with Crippen molar-refractivity contribution < 1.29 is 24.1 Å². The zero-order chi connectivity index (χ0) is 22.3. The molecule has 5 nitrogen and oxygen atoms in total. The zero-order valence-electron chi connectivity index (χ0n) is 19.7. The van der Waals surface area contributed by atoms with Crippen LogP contribution in [0.3, 0.4) is 0 Å². The third kappa shape index (κ3) is 9.88. The number of methoxy groups -OCH3 is 1. The van der Waals surface area contributed by atoms with Gasteiger partial charge in [0.05, 0.1) is 19.3 Å². The molecule has 0 radical (unpaired) electrons. The first-order chi connectivity index (χ1) is 15.2. The number of aliphatic hydroxyl groups is 1. The molecule has 31 heavy (non-hydrogen) atoms. The minimum Gasteiger partial charge on any atom is -0.469 e. The number of carbonyl (C=O) groups excluding carboxylic acids is 1. The minimum atomic E-state index is -0.358. The average Bonchev–Trinajstić information content (AvgIpc) is 3.07. The van der Waals surface area contributed by atoms with Crippen molar-refractivity contribution in [2.45, 2.75) is 109 Å². The van der Waals surface area contributed by atoms with Gasteiger partial charge in [-0.3, -0.25) is 4.79 Å². The van der Waals surface area contributed by atoms with Crippen molar-refractivity contribution in [1.82, 2.24) is 0 Å². The predicted octanol–water partition coefficient (Wildman–Crippen LogP) is 5.71. The van der Waals surface area contributed by atoms with Crippen molar-refractivity contribution in [2.75, 3.05) is 13.7 Å². The van der Waals surface area contributed by atoms with Crippen molar-refractivity contribution in [1.29, 1.82) is 0 Å². The molecule has 0 aromatic heterocycles. The Kier molecular flexibility index (Phi) is 13.1. The van der Waals surface area contributed by atoms with E-state index in [-0.39, 0.29) is 36.3 Å². The van der Waals surface area contributed by atoms with Gasteiger partial charge >= 0.3 is 5.97 Å². The molecule has 178 valence electrons. The van der Waals surface area contributed by atoms with Gasteiger partial charge in [0, 0.05) is 25.4 Å². The monoisotopic (exact) mass is 436 g/mol. The van der Waals surface area contributed by atoms with E-state index in [0.717, 1.165) is 51.6 Å². The molecule has 0 amide bonds. The molecule has 0 aromatic carbocycles. The maximum Gasteiger partial charge on any atom is 0.305 e. The second-order valence-corrected chi connectivity index (χ2v) is 8.97. The van der Waals surface area contributed by atoms with Crippen LogP contribution in [-0.4, -0.2) is 43.3 Å². The van der Waals surface area contributed by atoms with Crippen LogP contribution in [0.25, 0.3) is 0 Å². The lowest BCUT2D eigenvalue weighted by molar-refractivity contribution is -0.193. The number of esters is 1. The Balaban J connectivity index is 1.89. The molecule has 0 aromatic rings. The first-order valence-electron chi connectivity index (χ1n) is 12.5. The summed E-state index contributed by atoms with van der Waals surface area (Å²) >= 11 is 0. The van der Waals surface area contributed by atoms with Crippen molar-refractivity contribution in [3.63, 3.8) is 0 Å². The van der Waals surface area contributed by atoms with Gasteiger partial charge in [0.2, 0.25) is 0 Å². The van der Waals surface area contributed by atoms with Gasteiger partial charge in [0.1, 0.15) is 0 Å². The van der Waals surface area contributed by atoms with Crippen LogP contribution in [0, 0.1) is 11.8 Å². The summed E-state index contributed by atoms with van der Waals surface area (Å²) in [5.41, 5.74) is 0. The first kappa shape index (κ1) is 26.1. The quantitative estimate of drug-likeness (QED) is 0.215. The highest BCUT2D eigenvalue weighted by molar-refractivity contribution is 5.69. The maximum atomic E-state index is 11.2. The van der Waals surface area contributed by atoms with Crippen LogP contribution in [-0.2, 0) is 19.0 Å². The number of rotatable bonds is 14. The maximum absolute atomic E-state index is 11.2. The second-order valence-electron chi connectivity index (χ2n) is 8.97. The first-order valence-corrected chi connectivity index (χ1v) is 12.5. The molecule has 0 bridgehead atoms. The Morgan fingerprint density at radius 2 is 1.94 bits per heavy atom. The molecule has 1 saturated carbocycles. The molecule has 2 fully saturated rings. The van der Waals surface area contributed by atoms with E-state index in [0.29, 0.717) is 12.8 Å². The average molecular weight is 437 g/mol. The van der Waals surface area contributed by atoms with Crippen molar-refractivity contribution in [3.05, 3.63) is 24.3 Å². The van der Waals surface area contributed by atoms with Gasteiger partial charge in [0.25, 0.3) is 0 Å². The molecule has 1 unspecified atom stereocenters. The Morgan fingerprint density at radius 1 is 1.10 bits per heavy atom. The number of ether oxygens (including phenoxy) is 3. The molecular weight excluding hydrogens is 392 g/mol. The SMILES string of the molecule is CCCCCCC=C[C@@H]1[C@@H](CC=CCCCC(=O)OC)[C@@H](O)C[C@H]1OC1CCCCO1. The molecule has 0 spiro atoms. The highest BCUT2D eigenvalue weighted by atomic mass is 16.7. The lowest BCUT2D eigenvalue weighted by atomic mass is 9.89. The van der Waals surface area contributed by atoms with Crippen LogP contribution in [0.15, 0.2) is 24.3 Å². The molecule has 2 aliphatic rings. The highest BCUT2D eigenvalue weighted by Gasteiger charge is 2.42. The third-order valence-electron chi connectivity index (χ3n) is 6.49. The van der Waals surface area contributed by atoms with E-state index < -0.39 is 0 Å².